The molecule has 0 radical (unpaired) electrons. The van der Waals surface area contributed by atoms with Gasteiger partial charge in [0, 0.05) is 62.3 Å². The van der Waals surface area contributed by atoms with Crippen molar-refractivity contribution >= 4 is 22.8 Å². The molecule has 0 spiro atoms. The Kier molecular flexibility index (Phi) is 4.93. The number of nitrogens with zero attached hydrogens (tertiary/aromatic N) is 5. The highest BCUT2D eigenvalue weighted by atomic mass is 16.6. The Morgan fingerprint density at radius 2 is 2.11 bits per heavy atom. The number of amides is 1. The Hall–Kier alpha value is -3.03. The predicted molar refractivity (Wildman–Crippen MR) is 108 cm³/mol. The molecule has 1 unspecified atom stereocenters. The number of rotatable bonds is 4. The van der Waals surface area contributed by atoms with Crippen LogP contribution in [0.4, 0.5) is 10.5 Å². The van der Waals surface area contributed by atoms with Gasteiger partial charge in [-0.2, -0.15) is 5.10 Å². The topological polar surface area (TPSA) is 79.3 Å². The molecule has 1 N–H and O–H groups in total. The van der Waals surface area contributed by atoms with Gasteiger partial charge in [0.25, 0.3) is 0 Å². The summed E-state index contributed by atoms with van der Waals surface area (Å²) in [5.41, 5.74) is 4.02. The summed E-state index contributed by atoms with van der Waals surface area (Å²) in [4.78, 5) is 24.2. The highest BCUT2D eigenvalue weighted by Gasteiger charge is 2.24. The van der Waals surface area contributed by atoms with E-state index in [1.165, 1.54) is 0 Å². The summed E-state index contributed by atoms with van der Waals surface area (Å²) >= 11 is 0. The van der Waals surface area contributed by atoms with Crippen molar-refractivity contribution in [2.45, 2.75) is 26.4 Å². The quantitative estimate of drug-likeness (QED) is 0.750. The van der Waals surface area contributed by atoms with Crippen molar-refractivity contribution < 1.29 is 9.53 Å². The van der Waals surface area contributed by atoms with Crippen LogP contribution in [-0.2, 0) is 11.8 Å². The van der Waals surface area contributed by atoms with Crippen molar-refractivity contribution in [1.82, 2.24) is 24.6 Å². The molecule has 4 heterocycles. The number of aromatic nitrogens is 4. The van der Waals surface area contributed by atoms with Crippen molar-refractivity contribution in [2.75, 3.05) is 31.1 Å². The molecule has 1 saturated heterocycles. The molecule has 8 heteroatoms. The lowest BCUT2D eigenvalue weighted by Gasteiger charge is -2.36. The molecule has 1 amide bonds. The number of aryl methyl sites for hydroxylation is 1. The lowest BCUT2D eigenvalue weighted by molar-refractivity contribution is 0.0669. The zero-order valence-electron chi connectivity index (χ0n) is 16.6. The number of fused-ring (bicyclic) bond motifs is 1. The molecule has 28 heavy (non-hydrogen) atoms. The molecule has 1 aliphatic rings. The third-order valence-electron chi connectivity index (χ3n) is 5.28. The van der Waals surface area contributed by atoms with Gasteiger partial charge in [-0.3, -0.25) is 4.68 Å². The monoisotopic (exact) mass is 382 g/mol. The maximum absolute atomic E-state index is 12.2. The van der Waals surface area contributed by atoms with E-state index >= 15 is 0 Å². The summed E-state index contributed by atoms with van der Waals surface area (Å²) in [5.74, 6) is 0. The summed E-state index contributed by atoms with van der Waals surface area (Å²) in [6.45, 7) is 6.77. The average molecular weight is 382 g/mol. The molecule has 3 aromatic rings. The third kappa shape index (κ3) is 3.54. The maximum atomic E-state index is 12.2. The third-order valence-corrected chi connectivity index (χ3v) is 5.28. The van der Waals surface area contributed by atoms with Gasteiger partial charge in [0.05, 0.1) is 11.9 Å². The lowest BCUT2D eigenvalue weighted by atomic mass is 10.2. The number of H-pyrrole nitrogens is 1. The van der Waals surface area contributed by atoms with E-state index in [2.05, 4.69) is 26.0 Å². The van der Waals surface area contributed by atoms with Crippen LogP contribution in [0.3, 0.4) is 0 Å². The molecule has 148 valence electrons. The van der Waals surface area contributed by atoms with Crippen molar-refractivity contribution in [1.29, 1.82) is 0 Å². The van der Waals surface area contributed by atoms with Gasteiger partial charge in [0.15, 0.2) is 0 Å². The fraction of sp³-hybridized carbons (Fsp3) is 0.450. The summed E-state index contributed by atoms with van der Waals surface area (Å²) in [7, 11) is 1.90. The van der Waals surface area contributed by atoms with Gasteiger partial charge >= 0.3 is 6.09 Å². The summed E-state index contributed by atoms with van der Waals surface area (Å²) in [5, 5.41) is 5.32. The van der Waals surface area contributed by atoms with E-state index in [1.54, 1.807) is 9.58 Å². The molecule has 0 saturated carbocycles. The molecule has 8 nitrogen and oxygen atoms in total. The van der Waals surface area contributed by atoms with Gasteiger partial charge in [-0.15, -0.1) is 0 Å². The van der Waals surface area contributed by atoms with E-state index in [0.717, 1.165) is 47.5 Å². The highest BCUT2D eigenvalue weighted by molar-refractivity contribution is 5.93. The zero-order valence-corrected chi connectivity index (χ0v) is 16.6. The number of carbonyl (C=O) groups is 1. The van der Waals surface area contributed by atoms with Gasteiger partial charge in [-0.25, -0.2) is 9.78 Å². The number of carbonyl (C=O) groups excluding carboxylic acids is 1. The van der Waals surface area contributed by atoms with E-state index < -0.39 is 0 Å². The molecule has 0 aromatic carbocycles. The molecular weight excluding hydrogens is 356 g/mol. The van der Waals surface area contributed by atoms with E-state index in [0.29, 0.717) is 13.1 Å². The molecule has 1 fully saturated rings. The number of hydrogen-bond acceptors (Lipinski definition) is 5. The molecule has 0 aliphatic carbocycles. The van der Waals surface area contributed by atoms with E-state index in [-0.39, 0.29) is 12.2 Å². The number of anilines is 1. The van der Waals surface area contributed by atoms with Gasteiger partial charge in [0.2, 0.25) is 0 Å². The largest absolute Gasteiger partial charge is 0.446 e. The number of nitrogens with one attached hydrogen (secondary N) is 1. The van der Waals surface area contributed by atoms with Crippen LogP contribution in [0, 0.1) is 0 Å². The van der Waals surface area contributed by atoms with Crippen LogP contribution in [0.15, 0.2) is 30.7 Å². The Balaban J connectivity index is 1.51. The molecule has 1 aliphatic heterocycles. The van der Waals surface area contributed by atoms with E-state index in [4.69, 9.17) is 4.74 Å². The van der Waals surface area contributed by atoms with Crippen molar-refractivity contribution in [3.8, 4) is 11.3 Å². The second-order valence-electron chi connectivity index (χ2n) is 7.25. The first-order valence-electron chi connectivity index (χ1n) is 9.72. The summed E-state index contributed by atoms with van der Waals surface area (Å²) in [6, 6.07) is 4.16. The van der Waals surface area contributed by atoms with Gasteiger partial charge in [0.1, 0.15) is 11.8 Å². The van der Waals surface area contributed by atoms with Crippen LogP contribution >= 0.6 is 0 Å². The molecule has 0 bridgehead atoms. The SMILES string of the molecule is CCC(C)OC(=O)N1CCN(c2ccnc3[nH]c(-c4cnn(C)c4)cc23)CC1. The van der Waals surface area contributed by atoms with Crippen molar-refractivity contribution in [2.24, 2.45) is 7.05 Å². The summed E-state index contributed by atoms with van der Waals surface area (Å²) in [6.07, 6.45) is 6.21. The van der Waals surface area contributed by atoms with Gasteiger partial charge < -0.3 is 19.5 Å². The molecular formula is C20H26N6O2. The van der Waals surface area contributed by atoms with Crippen LogP contribution in [0.1, 0.15) is 20.3 Å². The minimum absolute atomic E-state index is 0.0453. The summed E-state index contributed by atoms with van der Waals surface area (Å²) < 4.78 is 7.23. The number of hydrogen-bond donors (Lipinski definition) is 1. The Labute approximate surface area is 164 Å². The minimum Gasteiger partial charge on any atom is -0.446 e. The van der Waals surface area contributed by atoms with Crippen LogP contribution in [0.5, 0.6) is 0 Å². The Morgan fingerprint density at radius 3 is 2.79 bits per heavy atom. The number of aromatic amines is 1. The predicted octanol–water partition coefficient (Wildman–Crippen LogP) is 3.02. The van der Waals surface area contributed by atoms with Crippen LogP contribution in [0.2, 0.25) is 0 Å². The average Bonchev–Trinajstić information content (AvgIpc) is 3.33. The molecule has 3 aromatic heterocycles. The van der Waals surface area contributed by atoms with Crippen LogP contribution in [-0.4, -0.2) is 63.0 Å². The zero-order chi connectivity index (χ0) is 19.7. The van der Waals surface area contributed by atoms with Crippen molar-refractivity contribution in [3.05, 3.63) is 30.7 Å². The first-order chi connectivity index (χ1) is 13.5. The Morgan fingerprint density at radius 1 is 1.32 bits per heavy atom. The minimum atomic E-state index is -0.214. The normalized spacial score (nSPS) is 15.8. The molecule has 4 rings (SSSR count). The first kappa shape index (κ1) is 18.3. The van der Waals surface area contributed by atoms with E-state index in [9.17, 15) is 4.79 Å². The van der Waals surface area contributed by atoms with E-state index in [1.807, 2.05) is 45.6 Å². The Bertz CT molecular complexity index is 970. The number of pyridine rings is 1. The smallest absolute Gasteiger partial charge is 0.410 e. The number of ether oxygens (including phenoxy) is 1. The van der Waals surface area contributed by atoms with Crippen LogP contribution in [0.25, 0.3) is 22.3 Å². The second-order valence-corrected chi connectivity index (χ2v) is 7.25. The maximum Gasteiger partial charge on any atom is 0.410 e. The van der Waals surface area contributed by atoms with Crippen molar-refractivity contribution in [3.63, 3.8) is 0 Å². The number of piperazine rings is 1. The first-order valence-corrected chi connectivity index (χ1v) is 9.72. The standard InChI is InChI=1S/C20H26N6O2/c1-4-14(2)28-20(27)26-9-7-25(8-10-26)18-5-6-21-19-16(18)11-17(23-19)15-12-22-24(3)13-15/h5-6,11-14H,4,7-10H2,1-3H3,(H,21,23). The van der Waals surface area contributed by atoms with Gasteiger partial charge in [-0.1, -0.05) is 6.92 Å². The molecule has 1 atom stereocenters. The highest BCUT2D eigenvalue weighted by Crippen LogP contribution is 2.30. The van der Waals surface area contributed by atoms with Gasteiger partial charge in [-0.05, 0) is 25.5 Å². The second kappa shape index (κ2) is 7.53. The lowest BCUT2D eigenvalue weighted by Crippen LogP contribution is -2.49. The fourth-order valence-corrected chi connectivity index (χ4v) is 3.46. The van der Waals surface area contributed by atoms with Crippen LogP contribution < -0.4 is 4.90 Å². The fourth-order valence-electron chi connectivity index (χ4n) is 3.46.